The van der Waals surface area contributed by atoms with Crippen molar-refractivity contribution in [2.75, 3.05) is 0 Å². The Hall–Kier alpha value is -1.87. The van der Waals surface area contributed by atoms with Gasteiger partial charge in [0.1, 0.15) is 17.2 Å². The second-order valence-electron chi connectivity index (χ2n) is 4.41. The Labute approximate surface area is 117 Å². The van der Waals surface area contributed by atoms with E-state index in [-0.39, 0.29) is 5.78 Å². The molecule has 0 saturated carbocycles. The molecule has 0 atom stereocenters. The summed E-state index contributed by atoms with van der Waals surface area (Å²) in [5.41, 5.74) is 2.35. The maximum Gasteiger partial charge on any atom is 0.178 e. The normalized spacial score (nSPS) is 10.3. The van der Waals surface area contributed by atoms with Crippen molar-refractivity contribution in [3.05, 3.63) is 52.3 Å². The average molecular weight is 276 g/mol. The summed E-state index contributed by atoms with van der Waals surface area (Å²) in [5.74, 6) is 1.23. The monoisotopic (exact) mass is 275 g/mol. The predicted octanol–water partition coefficient (Wildman–Crippen LogP) is 4.35. The summed E-state index contributed by atoms with van der Waals surface area (Å²) in [6, 6.07) is 7.11. The number of rotatable bonds is 3. The lowest BCUT2D eigenvalue weighted by Gasteiger charge is -2.09. The van der Waals surface area contributed by atoms with Gasteiger partial charge in [0, 0.05) is 11.9 Å². The van der Waals surface area contributed by atoms with E-state index < -0.39 is 0 Å². The molecule has 0 amide bonds. The topological polar surface area (TPSA) is 39.2 Å². The quantitative estimate of drug-likeness (QED) is 0.782. The van der Waals surface area contributed by atoms with E-state index in [0.29, 0.717) is 17.2 Å². The van der Waals surface area contributed by atoms with Crippen LogP contribution in [0.25, 0.3) is 0 Å². The SMILES string of the molecule is CC(=O)c1ccc(Oc2cc(C)c(Cl)c(C)c2)cn1. The van der Waals surface area contributed by atoms with Gasteiger partial charge in [0.15, 0.2) is 5.78 Å². The van der Waals surface area contributed by atoms with Crippen LogP contribution in [0.15, 0.2) is 30.5 Å². The maximum atomic E-state index is 11.1. The van der Waals surface area contributed by atoms with Gasteiger partial charge in [0.05, 0.1) is 6.20 Å². The van der Waals surface area contributed by atoms with Crippen LogP contribution in [0.5, 0.6) is 11.5 Å². The molecule has 0 fully saturated rings. The third-order valence-electron chi connectivity index (χ3n) is 2.74. The van der Waals surface area contributed by atoms with Crippen molar-refractivity contribution in [2.24, 2.45) is 0 Å². The summed E-state index contributed by atoms with van der Waals surface area (Å²) in [4.78, 5) is 15.2. The number of ketones is 1. The number of carbonyl (C=O) groups excluding carboxylic acids is 1. The van der Waals surface area contributed by atoms with Crippen LogP contribution in [0.3, 0.4) is 0 Å². The summed E-state index contributed by atoms with van der Waals surface area (Å²) >= 11 is 6.10. The fraction of sp³-hybridized carbons (Fsp3) is 0.200. The van der Waals surface area contributed by atoms with Gasteiger partial charge in [-0.25, -0.2) is 4.98 Å². The van der Waals surface area contributed by atoms with E-state index in [1.165, 1.54) is 13.1 Å². The van der Waals surface area contributed by atoms with Crippen molar-refractivity contribution in [1.29, 1.82) is 0 Å². The lowest BCUT2D eigenvalue weighted by molar-refractivity contribution is 0.101. The number of pyridine rings is 1. The van der Waals surface area contributed by atoms with Crippen LogP contribution in [0.4, 0.5) is 0 Å². The van der Waals surface area contributed by atoms with E-state index in [2.05, 4.69) is 4.98 Å². The smallest absolute Gasteiger partial charge is 0.178 e. The third-order valence-corrected chi connectivity index (χ3v) is 3.34. The zero-order valence-corrected chi connectivity index (χ0v) is 11.8. The molecule has 4 heteroatoms. The third kappa shape index (κ3) is 3.12. The van der Waals surface area contributed by atoms with Gasteiger partial charge in [0.25, 0.3) is 0 Å². The van der Waals surface area contributed by atoms with Gasteiger partial charge in [-0.3, -0.25) is 4.79 Å². The van der Waals surface area contributed by atoms with Gasteiger partial charge in [-0.15, -0.1) is 0 Å². The van der Waals surface area contributed by atoms with Crippen molar-refractivity contribution >= 4 is 17.4 Å². The number of nitrogens with zero attached hydrogens (tertiary/aromatic N) is 1. The zero-order chi connectivity index (χ0) is 14.0. The number of hydrogen-bond donors (Lipinski definition) is 0. The van der Waals surface area contributed by atoms with Crippen molar-refractivity contribution in [2.45, 2.75) is 20.8 Å². The van der Waals surface area contributed by atoms with Crippen LogP contribution < -0.4 is 4.74 Å². The van der Waals surface area contributed by atoms with Crippen LogP contribution >= 0.6 is 11.6 Å². The Morgan fingerprint density at radius 3 is 2.26 bits per heavy atom. The summed E-state index contributed by atoms with van der Waals surface area (Å²) in [7, 11) is 0. The summed E-state index contributed by atoms with van der Waals surface area (Å²) < 4.78 is 5.70. The van der Waals surface area contributed by atoms with Crippen LogP contribution in [-0.2, 0) is 0 Å². The molecule has 1 aromatic carbocycles. The first-order valence-electron chi connectivity index (χ1n) is 5.89. The Bertz CT molecular complexity index is 598. The molecule has 1 heterocycles. The van der Waals surface area contributed by atoms with Gasteiger partial charge in [-0.05, 0) is 49.2 Å². The first kappa shape index (κ1) is 13.6. The van der Waals surface area contributed by atoms with E-state index in [1.54, 1.807) is 12.1 Å². The summed E-state index contributed by atoms with van der Waals surface area (Å²) in [6.07, 6.45) is 1.54. The molecule has 0 N–H and O–H groups in total. The van der Waals surface area contributed by atoms with Gasteiger partial charge in [0.2, 0.25) is 0 Å². The number of Topliss-reactive ketones (excluding diaryl/α,β-unsaturated/α-hetero) is 1. The van der Waals surface area contributed by atoms with Crippen LogP contribution in [-0.4, -0.2) is 10.8 Å². The van der Waals surface area contributed by atoms with E-state index in [0.717, 1.165) is 16.1 Å². The lowest BCUT2D eigenvalue weighted by atomic mass is 10.1. The van der Waals surface area contributed by atoms with Gasteiger partial charge >= 0.3 is 0 Å². The fourth-order valence-corrected chi connectivity index (χ4v) is 1.86. The average Bonchev–Trinajstić information content (AvgIpc) is 2.36. The molecular weight excluding hydrogens is 262 g/mol. The molecule has 0 bridgehead atoms. The molecule has 0 aliphatic rings. The molecule has 1 aromatic heterocycles. The Kier molecular flexibility index (Phi) is 3.86. The molecule has 0 aliphatic carbocycles. The molecule has 2 rings (SSSR count). The van der Waals surface area contributed by atoms with Crippen LogP contribution in [0.2, 0.25) is 5.02 Å². The van der Waals surface area contributed by atoms with Crippen molar-refractivity contribution in [3.63, 3.8) is 0 Å². The van der Waals surface area contributed by atoms with Gasteiger partial charge in [-0.1, -0.05) is 11.6 Å². The van der Waals surface area contributed by atoms with E-state index in [1.807, 2.05) is 26.0 Å². The molecule has 0 radical (unpaired) electrons. The zero-order valence-electron chi connectivity index (χ0n) is 11.0. The van der Waals surface area contributed by atoms with Crippen molar-refractivity contribution in [3.8, 4) is 11.5 Å². The second-order valence-corrected chi connectivity index (χ2v) is 4.79. The number of hydrogen-bond acceptors (Lipinski definition) is 3. The molecule has 98 valence electrons. The lowest BCUT2D eigenvalue weighted by Crippen LogP contribution is -1.96. The highest BCUT2D eigenvalue weighted by Gasteiger charge is 2.06. The van der Waals surface area contributed by atoms with Gasteiger partial charge < -0.3 is 4.74 Å². The molecule has 0 spiro atoms. The predicted molar refractivity (Wildman–Crippen MR) is 75.2 cm³/mol. The largest absolute Gasteiger partial charge is 0.456 e. The van der Waals surface area contributed by atoms with E-state index in [9.17, 15) is 4.79 Å². The second kappa shape index (κ2) is 5.41. The minimum absolute atomic E-state index is 0.0651. The molecule has 0 unspecified atom stereocenters. The highest BCUT2D eigenvalue weighted by molar-refractivity contribution is 6.32. The Morgan fingerprint density at radius 2 is 1.79 bits per heavy atom. The first-order valence-corrected chi connectivity index (χ1v) is 6.27. The number of ether oxygens (including phenoxy) is 1. The van der Waals surface area contributed by atoms with E-state index in [4.69, 9.17) is 16.3 Å². The molecule has 2 aromatic rings. The fourth-order valence-electron chi connectivity index (χ4n) is 1.75. The van der Waals surface area contributed by atoms with Crippen molar-refractivity contribution in [1.82, 2.24) is 4.98 Å². The number of aryl methyl sites for hydroxylation is 2. The number of carbonyl (C=O) groups is 1. The number of benzene rings is 1. The summed E-state index contributed by atoms with van der Waals surface area (Å²) in [6.45, 7) is 5.34. The summed E-state index contributed by atoms with van der Waals surface area (Å²) in [5, 5.41) is 0.748. The number of halogens is 1. The minimum Gasteiger partial charge on any atom is -0.456 e. The highest BCUT2D eigenvalue weighted by Crippen LogP contribution is 2.28. The van der Waals surface area contributed by atoms with E-state index >= 15 is 0 Å². The highest BCUT2D eigenvalue weighted by atomic mass is 35.5. The molecule has 0 saturated heterocycles. The van der Waals surface area contributed by atoms with Crippen LogP contribution in [0, 0.1) is 13.8 Å². The Morgan fingerprint density at radius 1 is 1.16 bits per heavy atom. The minimum atomic E-state index is -0.0651. The first-order chi connectivity index (χ1) is 8.97. The standard InChI is InChI=1S/C15H14ClNO2/c1-9-6-13(7-10(2)15(9)16)19-12-4-5-14(11(3)18)17-8-12/h4-8H,1-3H3. The molecule has 19 heavy (non-hydrogen) atoms. The number of aromatic nitrogens is 1. The Balaban J connectivity index is 2.24. The molecule has 3 nitrogen and oxygen atoms in total. The van der Waals surface area contributed by atoms with Gasteiger partial charge in [-0.2, -0.15) is 0 Å². The van der Waals surface area contributed by atoms with Crippen LogP contribution in [0.1, 0.15) is 28.5 Å². The molecule has 0 aliphatic heterocycles. The molecular formula is C15H14ClNO2. The van der Waals surface area contributed by atoms with Crippen molar-refractivity contribution < 1.29 is 9.53 Å². The maximum absolute atomic E-state index is 11.1.